The van der Waals surface area contributed by atoms with Crippen LogP contribution < -0.4 is 5.32 Å². The van der Waals surface area contributed by atoms with Gasteiger partial charge >= 0.3 is 12.0 Å². The number of hydrogen-bond donors (Lipinski definition) is 1. The van der Waals surface area contributed by atoms with E-state index in [1.54, 1.807) is 14.0 Å². The number of carbonyl (C=O) groups is 3. The molecule has 0 aromatic carbocycles. The number of urea groups is 1. The first-order chi connectivity index (χ1) is 11.4. The van der Waals surface area contributed by atoms with E-state index in [4.69, 9.17) is 4.74 Å². The SMILES string of the molecule is CCCCCN1C(SC(C)C(=O)OC)=NC2C1C(=O)NC(=O)N2C. The van der Waals surface area contributed by atoms with Crippen LogP contribution in [-0.2, 0) is 14.3 Å². The molecule has 3 unspecified atom stereocenters. The summed E-state index contributed by atoms with van der Waals surface area (Å²) in [6, 6.07) is -0.998. The Morgan fingerprint density at radius 3 is 2.75 bits per heavy atom. The number of nitrogens with zero attached hydrogens (tertiary/aromatic N) is 3. The molecule has 2 aliphatic rings. The highest BCUT2D eigenvalue weighted by Crippen LogP contribution is 2.30. The van der Waals surface area contributed by atoms with Crippen molar-refractivity contribution >= 4 is 34.8 Å². The zero-order valence-corrected chi connectivity index (χ0v) is 15.3. The maximum absolute atomic E-state index is 12.3. The maximum atomic E-state index is 12.3. The van der Waals surface area contributed by atoms with E-state index in [-0.39, 0.29) is 11.9 Å². The van der Waals surface area contributed by atoms with E-state index in [0.29, 0.717) is 11.7 Å². The number of likely N-dealkylation sites (N-methyl/N-ethyl adjacent to an activating group) is 1. The highest BCUT2D eigenvalue weighted by molar-refractivity contribution is 8.14. The summed E-state index contributed by atoms with van der Waals surface area (Å²) in [5.41, 5.74) is 0. The number of esters is 1. The lowest BCUT2D eigenvalue weighted by molar-refractivity contribution is -0.139. The molecule has 0 aromatic heterocycles. The minimum Gasteiger partial charge on any atom is -0.468 e. The van der Waals surface area contributed by atoms with Gasteiger partial charge in [-0.2, -0.15) is 0 Å². The second-order valence-electron chi connectivity index (χ2n) is 5.86. The summed E-state index contributed by atoms with van der Waals surface area (Å²) in [5.74, 6) is -0.690. The van der Waals surface area contributed by atoms with E-state index in [2.05, 4.69) is 17.2 Å². The van der Waals surface area contributed by atoms with E-state index in [1.165, 1.54) is 23.8 Å². The van der Waals surface area contributed by atoms with E-state index < -0.39 is 23.5 Å². The standard InChI is InChI=1S/C15H24N4O4S/c1-5-6-7-8-19-10-11(18(3)14(22)17-12(10)20)16-15(19)24-9(2)13(21)23-4/h9-11H,5-8H2,1-4H3,(H,17,20,22). The van der Waals surface area contributed by atoms with Gasteiger partial charge in [0.25, 0.3) is 5.91 Å². The summed E-state index contributed by atoms with van der Waals surface area (Å²) in [7, 11) is 2.96. The molecular weight excluding hydrogens is 332 g/mol. The first-order valence-corrected chi connectivity index (χ1v) is 8.95. The normalized spacial score (nSPS) is 24.4. The second-order valence-corrected chi connectivity index (χ2v) is 7.17. The van der Waals surface area contributed by atoms with Crippen molar-refractivity contribution in [1.29, 1.82) is 0 Å². The van der Waals surface area contributed by atoms with Crippen molar-refractivity contribution in [2.24, 2.45) is 4.99 Å². The molecule has 8 nitrogen and oxygen atoms in total. The molecule has 2 heterocycles. The molecule has 1 fully saturated rings. The number of unbranched alkanes of at least 4 members (excludes halogenated alkanes) is 2. The fourth-order valence-electron chi connectivity index (χ4n) is 2.74. The molecule has 0 spiro atoms. The van der Waals surface area contributed by atoms with E-state index >= 15 is 0 Å². The minimum atomic E-state index is -0.555. The molecule has 3 amide bonds. The van der Waals surface area contributed by atoms with Gasteiger partial charge in [0.15, 0.2) is 17.4 Å². The fourth-order valence-corrected chi connectivity index (χ4v) is 3.76. The van der Waals surface area contributed by atoms with Gasteiger partial charge in [-0.3, -0.25) is 14.9 Å². The minimum absolute atomic E-state index is 0.343. The Labute approximate surface area is 146 Å². The number of amides is 3. The first kappa shape index (κ1) is 18.6. The van der Waals surface area contributed by atoms with Gasteiger partial charge < -0.3 is 14.5 Å². The van der Waals surface area contributed by atoms with Gasteiger partial charge in [-0.05, 0) is 13.3 Å². The summed E-state index contributed by atoms with van der Waals surface area (Å²) in [5, 5.41) is 2.53. The van der Waals surface area contributed by atoms with Gasteiger partial charge in [0, 0.05) is 13.6 Å². The van der Waals surface area contributed by atoms with Crippen LogP contribution in [0.2, 0.25) is 0 Å². The van der Waals surface area contributed by atoms with Gasteiger partial charge in [0.1, 0.15) is 5.25 Å². The van der Waals surface area contributed by atoms with Gasteiger partial charge in [-0.1, -0.05) is 31.5 Å². The largest absolute Gasteiger partial charge is 0.468 e. The highest BCUT2D eigenvalue weighted by Gasteiger charge is 2.48. The second kappa shape index (κ2) is 7.87. The van der Waals surface area contributed by atoms with Crippen LogP contribution in [0.4, 0.5) is 4.79 Å². The number of rotatable bonds is 6. The smallest absolute Gasteiger partial charge is 0.325 e. The molecule has 134 valence electrons. The van der Waals surface area contributed by atoms with Crippen molar-refractivity contribution in [3.05, 3.63) is 0 Å². The van der Waals surface area contributed by atoms with E-state index in [9.17, 15) is 14.4 Å². The number of hydrogen-bond acceptors (Lipinski definition) is 7. The average molecular weight is 356 g/mol. The Morgan fingerprint density at radius 2 is 2.12 bits per heavy atom. The Hall–Kier alpha value is -1.77. The summed E-state index contributed by atoms with van der Waals surface area (Å²) in [6.07, 6.45) is 2.45. The molecule has 0 bridgehead atoms. The Morgan fingerprint density at radius 1 is 1.42 bits per heavy atom. The summed E-state index contributed by atoms with van der Waals surface area (Å²) in [4.78, 5) is 43.7. The van der Waals surface area contributed by atoms with E-state index in [1.807, 2.05) is 4.90 Å². The lowest BCUT2D eigenvalue weighted by atomic mass is 10.1. The summed E-state index contributed by atoms with van der Waals surface area (Å²) >= 11 is 1.26. The molecule has 9 heteroatoms. The number of methoxy groups -OCH3 is 1. The lowest BCUT2D eigenvalue weighted by Gasteiger charge is -2.36. The predicted molar refractivity (Wildman–Crippen MR) is 91.6 cm³/mol. The number of carbonyl (C=O) groups excluding carboxylic acids is 3. The highest BCUT2D eigenvalue weighted by atomic mass is 32.2. The molecule has 0 radical (unpaired) electrons. The van der Waals surface area contributed by atoms with Gasteiger partial charge in [0.05, 0.1) is 7.11 Å². The van der Waals surface area contributed by atoms with Crippen molar-refractivity contribution in [2.45, 2.75) is 50.6 Å². The van der Waals surface area contributed by atoms with Gasteiger partial charge in [-0.25, -0.2) is 9.79 Å². The zero-order chi connectivity index (χ0) is 17.9. The van der Waals surface area contributed by atoms with Crippen molar-refractivity contribution < 1.29 is 19.1 Å². The van der Waals surface area contributed by atoms with Crippen LogP contribution in [0, 0.1) is 0 Å². The first-order valence-electron chi connectivity index (χ1n) is 8.07. The van der Waals surface area contributed by atoms with Crippen molar-refractivity contribution in [3.8, 4) is 0 Å². The molecular formula is C15H24N4O4S. The Balaban J connectivity index is 2.22. The number of aliphatic imine (C=N–C) groups is 1. The Bertz CT molecular complexity index is 554. The quantitative estimate of drug-likeness (QED) is 0.564. The van der Waals surface area contributed by atoms with Crippen LogP contribution in [0.25, 0.3) is 0 Å². The molecule has 3 atom stereocenters. The molecule has 0 aliphatic carbocycles. The number of ether oxygens (including phenoxy) is 1. The number of amidine groups is 1. The zero-order valence-electron chi connectivity index (χ0n) is 14.4. The lowest BCUT2D eigenvalue weighted by Crippen LogP contribution is -2.63. The van der Waals surface area contributed by atoms with Crippen LogP contribution in [0.15, 0.2) is 4.99 Å². The molecule has 24 heavy (non-hydrogen) atoms. The molecule has 2 rings (SSSR count). The summed E-state index contributed by atoms with van der Waals surface area (Å²) in [6.45, 7) is 4.50. The van der Waals surface area contributed by atoms with Crippen molar-refractivity contribution in [2.75, 3.05) is 20.7 Å². The number of imide groups is 1. The molecule has 0 aromatic rings. The Kier molecular flexibility index (Phi) is 6.09. The third-order valence-electron chi connectivity index (χ3n) is 4.14. The third kappa shape index (κ3) is 3.66. The molecule has 1 N–H and O–H groups in total. The monoisotopic (exact) mass is 356 g/mol. The van der Waals surface area contributed by atoms with Crippen LogP contribution >= 0.6 is 11.8 Å². The van der Waals surface area contributed by atoms with Crippen LogP contribution in [0.3, 0.4) is 0 Å². The van der Waals surface area contributed by atoms with Crippen LogP contribution in [0.5, 0.6) is 0 Å². The van der Waals surface area contributed by atoms with Gasteiger partial charge in [0.2, 0.25) is 0 Å². The topological polar surface area (TPSA) is 91.3 Å². The van der Waals surface area contributed by atoms with Crippen LogP contribution in [-0.4, -0.2) is 71.0 Å². The molecule has 1 saturated heterocycles. The van der Waals surface area contributed by atoms with Crippen molar-refractivity contribution in [3.63, 3.8) is 0 Å². The third-order valence-corrected chi connectivity index (χ3v) is 5.24. The van der Waals surface area contributed by atoms with Gasteiger partial charge in [-0.15, -0.1) is 0 Å². The average Bonchev–Trinajstić information content (AvgIpc) is 2.91. The van der Waals surface area contributed by atoms with Crippen LogP contribution in [0.1, 0.15) is 33.1 Å². The fraction of sp³-hybridized carbons (Fsp3) is 0.733. The van der Waals surface area contributed by atoms with Crippen molar-refractivity contribution in [1.82, 2.24) is 15.1 Å². The maximum Gasteiger partial charge on any atom is 0.325 e. The number of thioether (sulfide) groups is 1. The summed E-state index contributed by atoms with van der Waals surface area (Å²) < 4.78 is 4.76. The molecule has 2 aliphatic heterocycles. The van der Waals surface area contributed by atoms with E-state index in [0.717, 1.165) is 19.3 Å². The number of nitrogens with one attached hydrogen (secondary N) is 1. The molecule has 0 saturated carbocycles. The predicted octanol–water partition coefficient (Wildman–Crippen LogP) is 1.02. The number of fused-ring (bicyclic) bond motifs is 1.